The average Bonchev–Trinajstić information content (AvgIpc) is 3.47. The molecule has 1 aromatic carbocycles. The Morgan fingerprint density at radius 2 is 2.00 bits per heavy atom. The van der Waals surface area contributed by atoms with Gasteiger partial charge in [-0.2, -0.15) is 5.10 Å². The zero-order valence-corrected chi connectivity index (χ0v) is 16.9. The molecular weight excluding hydrogens is 361 g/mol. The number of hydrogen-bond acceptors (Lipinski definition) is 7. The summed E-state index contributed by atoms with van der Waals surface area (Å²) < 4.78 is 25.9. The second-order valence-electron chi connectivity index (χ2n) is 7.33. The maximum Gasteiger partial charge on any atom is 0.176 e. The van der Waals surface area contributed by atoms with Crippen molar-refractivity contribution in [2.45, 2.75) is 33.0 Å². The van der Waals surface area contributed by atoms with Crippen LogP contribution in [0.3, 0.4) is 0 Å². The number of hydrazone groups is 1. The number of ether oxygens (including phenoxy) is 2. The third-order valence-electron chi connectivity index (χ3n) is 5.45. The lowest BCUT2D eigenvalue weighted by atomic mass is 10.1. The highest BCUT2D eigenvalue weighted by Gasteiger charge is 2.46. The number of nitrogens with two attached hydrogens (primary N) is 1. The van der Waals surface area contributed by atoms with Crippen LogP contribution in [0.5, 0.6) is 0 Å². The number of nitrogens with zero attached hydrogens (tertiary/aromatic N) is 3. The molecule has 1 aliphatic heterocycles. The van der Waals surface area contributed by atoms with Gasteiger partial charge in [0, 0.05) is 43.0 Å². The fraction of sp³-hybridized carbons (Fsp3) is 0.600. The molecule has 1 saturated heterocycles. The number of nitrogens with one attached hydrogen (secondary N) is 1. The largest absolute Gasteiger partial charge is 0.386 e. The molecule has 2 aliphatic rings. The van der Waals surface area contributed by atoms with E-state index in [9.17, 15) is 4.39 Å². The molecule has 1 heterocycles. The lowest BCUT2D eigenvalue weighted by Crippen LogP contribution is -2.35. The molecule has 3 rings (SSSR count). The van der Waals surface area contributed by atoms with Gasteiger partial charge in [0.1, 0.15) is 11.5 Å². The Labute approximate surface area is 165 Å². The Bertz CT molecular complexity index is 734. The summed E-state index contributed by atoms with van der Waals surface area (Å²) in [6, 6.07) is 3.22. The van der Waals surface area contributed by atoms with Crippen LogP contribution in [-0.4, -0.2) is 58.1 Å². The van der Waals surface area contributed by atoms with Gasteiger partial charge < -0.3 is 25.5 Å². The highest BCUT2D eigenvalue weighted by molar-refractivity contribution is 6.39. The molecule has 0 unspecified atom stereocenters. The van der Waals surface area contributed by atoms with Crippen LogP contribution in [0.25, 0.3) is 0 Å². The first-order valence-corrected chi connectivity index (χ1v) is 9.83. The van der Waals surface area contributed by atoms with Crippen LogP contribution in [0.2, 0.25) is 0 Å². The number of anilines is 2. The lowest BCUT2D eigenvalue weighted by molar-refractivity contribution is -0.201. The van der Waals surface area contributed by atoms with Crippen molar-refractivity contribution < 1.29 is 13.9 Å². The molecule has 1 saturated carbocycles. The van der Waals surface area contributed by atoms with E-state index in [2.05, 4.69) is 20.3 Å². The second kappa shape index (κ2) is 8.87. The molecule has 0 atom stereocenters. The Morgan fingerprint density at radius 1 is 1.32 bits per heavy atom. The summed E-state index contributed by atoms with van der Waals surface area (Å²) >= 11 is 0. The molecule has 2 fully saturated rings. The van der Waals surface area contributed by atoms with Crippen LogP contribution in [0.1, 0.15) is 32.3 Å². The maximum absolute atomic E-state index is 14.4. The van der Waals surface area contributed by atoms with Gasteiger partial charge in [-0.3, -0.25) is 4.99 Å². The van der Waals surface area contributed by atoms with E-state index in [1.165, 1.54) is 18.9 Å². The van der Waals surface area contributed by atoms with Crippen molar-refractivity contribution in [3.05, 3.63) is 23.5 Å². The first-order chi connectivity index (χ1) is 13.6. The standard InChI is InChI=1S/C20H30FN5O2/c1-4-26(5-2)18-9-16(23-3)15(21)8-14(18)17(25-22)10-24-11-19-27-12-20(6-7-20)13-28-19/h8-10,19,23H,4-7,11-13,22H2,1-3H3/b24-10?,25-17+. The van der Waals surface area contributed by atoms with E-state index in [1.807, 2.05) is 13.8 Å². The van der Waals surface area contributed by atoms with E-state index >= 15 is 0 Å². The van der Waals surface area contributed by atoms with Crippen LogP contribution in [0.15, 0.2) is 22.2 Å². The van der Waals surface area contributed by atoms with E-state index in [0.29, 0.717) is 23.5 Å². The van der Waals surface area contributed by atoms with Crippen LogP contribution >= 0.6 is 0 Å². The molecule has 0 amide bonds. The van der Waals surface area contributed by atoms with E-state index in [1.54, 1.807) is 19.3 Å². The van der Waals surface area contributed by atoms with Gasteiger partial charge in [-0.25, -0.2) is 4.39 Å². The topological polar surface area (TPSA) is 84.5 Å². The summed E-state index contributed by atoms with van der Waals surface area (Å²) in [7, 11) is 1.69. The molecule has 1 spiro atoms. The van der Waals surface area contributed by atoms with E-state index in [0.717, 1.165) is 32.0 Å². The Morgan fingerprint density at radius 3 is 2.54 bits per heavy atom. The van der Waals surface area contributed by atoms with Gasteiger partial charge in [0.2, 0.25) is 0 Å². The minimum atomic E-state index is -0.364. The van der Waals surface area contributed by atoms with Gasteiger partial charge in [-0.05, 0) is 38.8 Å². The van der Waals surface area contributed by atoms with Crippen LogP contribution < -0.4 is 16.1 Å². The highest BCUT2D eigenvalue weighted by atomic mass is 19.1. The molecule has 28 heavy (non-hydrogen) atoms. The minimum Gasteiger partial charge on any atom is -0.386 e. The van der Waals surface area contributed by atoms with Gasteiger partial charge in [0.05, 0.1) is 25.4 Å². The normalized spacial score (nSPS) is 19.4. The molecule has 8 heteroatoms. The molecule has 3 N–H and O–H groups in total. The molecule has 154 valence electrons. The molecule has 0 radical (unpaired) electrons. The second-order valence-corrected chi connectivity index (χ2v) is 7.33. The van der Waals surface area contributed by atoms with Crippen molar-refractivity contribution in [2.24, 2.45) is 21.4 Å². The summed E-state index contributed by atoms with van der Waals surface area (Å²) in [5.74, 6) is 5.25. The third kappa shape index (κ3) is 4.44. The molecule has 7 nitrogen and oxygen atoms in total. The Kier molecular flexibility index (Phi) is 6.51. The van der Waals surface area contributed by atoms with Gasteiger partial charge in [-0.1, -0.05) is 0 Å². The molecule has 1 aliphatic carbocycles. The number of aliphatic imine (C=N–C) groups is 1. The van der Waals surface area contributed by atoms with E-state index in [4.69, 9.17) is 15.3 Å². The number of halogens is 1. The number of hydrogen-bond donors (Lipinski definition) is 2. The van der Waals surface area contributed by atoms with Crippen LogP contribution in [-0.2, 0) is 9.47 Å². The predicted molar refractivity (Wildman–Crippen MR) is 111 cm³/mol. The van der Waals surface area contributed by atoms with Crippen LogP contribution in [0, 0.1) is 11.2 Å². The minimum absolute atomic E-state index is 0.259. The Balaban J connectivity index is 1.76. The highest BCUT2D eigenvalue weighted by Crippen LogP contribution is 2.48. The summed E-state index contributed by atoms with van der Waals surface area (Å²) in [6.45, 7) is 7.47. The quantitative estimate of drug-likeness (QED) is 0.404. The van der Waals surface area contributed by atoms with Gasteiger partial charge in [-0.15, -0.1) is 0 Å². The van der Waals surface area contributed by atoms with Crippen molar-refractivity contribution in [1.82, 2.24) is 0 Å². The SMILES string of the molecule is CCN(CC)c1cc(NC)c(F)cc1/C(C=NCC1OCC2(CC2)CO1)=N/N. The van der Waals surface area contributed by atoms with Crippen molar-refractivity contribution in [2.75, 3.05) is 50.1 Å². The fourth-order valence-electron chi connectivity index (χ4n) is 3.38. The summed E-state index contributed by atoms with van der Waals surface area (Å²) in [4.78, 5) is 6.51. The zero-order chi connectivity index (χ0) is 20.1. The van der Waals surface area contributed by atoms with E-state index < -0.39 is 0 Å². The monoisotopic (exact) mass is 391 g/mol. The van der Waals surface area contributed by atoms with Crippen molar-refractivity contribution >= 4 is 23.3 Å². The van der Waals surface area contributed by atoms with Gasteiger partial charge in [0.25, 0.3) is 0 Å². The molecule has 0 bridgehead atoms. The van der Waals surface area contributed by atoms with E-state index in [-0.39, 0.29) is 17.5 Å². The van der Waals surface area contributed by atoms with Crippen molar-refractivity contribution in [3.63, 3.8) is 0 Å². The molecule has 0 aromatic heterocycles. The van der Waals surface area contributed by atoms with Crippen molar-refractivity contribution in [3.8, 4) is 0 Å². The summed E-state index contributed by atoms with van der Waals surface area (Å²) in [5.41, 5.74) is 2.56. The average molecular weight is 391 g/mol. The number of benzene rings is 1. The first kappa shape index (κ1) is 20.5. The maximum atomic E-state index is 14.4. The lowest BCUT2D eigenvalue weighted by Gasteiger charge is -2.28. The summed E-state index contributed by atoms with van der Waals surface area (Å²) in [5, 5.41) is 6.74. The van der Waals surface area contributed by atoms with Gasteiger partial charge >= 0.3 is 0 Å². The van der Waals surface area contributed by atoms with Gasteiger partial charge in [0.15, 0.2) is 6.29 Å². The fourth-order valence-corrected chi connectivity index (χ4v) is 3.38. The third-order valence-corrected chi connectivity index (χ3v) is 5.45. The smallest absolute Gasteiger partial charge is 0.176 e. The molecular formula is C20H30FN5O2. The van der Waals surface area contributed by atoms with Crippen LogP contribution in [0.4, 0.5) is 15.8 Å². The van der Waals surface area contributed by atoms with Crippen molar-refractivity contribution in [1.29, 1.82) is 0 Å². The predicted octanol–water partition coefficient (Wildman–Crippen LogP) is 2.60. The first-order valence-electron chi connectivity index (χ1n) is 9.83. The molecule has 1 aromatic rings. The Hall–Kier alpha value is -2.19. The number of rotatable bonds is 8. The summed E-state index contributed by atoms with van der Waals surface area (Å²) in [6.07, 6.45) is 3.56. The zero-order valence-electron chi connectivity index (χ0n) is 16.9.